The van der Waals surface area contributed by atoms with E-state index in [-0.39, 0.29) is 23.7 Å². The Morgan fingerprint density at radius 2 is 2.43 bits per heavy atom. The first-order chi connectivity index (χ1) is 6.69. The van der Waals surface area contributed by atoms with Gasteiger partial charge in [0.2, 0.25) is 0 Å². The van der Waals surface area contributed by atoms with Crippen LogP contribution in [0, 0.1) is 0 Å². The highest BCUT2D eigenvalue weighted by atomic mass is 16.5. The summed E-state index contributed by atoms with van der Waals surface area (Å²) in [6.45, 7) is 0.111. The van der Waals surface area contributed by atoms with Gasteiger partial charge in [-0.1, -0.05) is 0 Å². The molecule has 14 heavy (non-hydrogen) atoms. The van der Waals surface area contributed by atoms with Crippen LogP contribution in [0.3, 0.4) is 0 Å². The highest BCUT2D eigenvalue weighted by molar-refractivity contribution is 5.94. The van der Waals surface area contributed by atoms with Gasteiger partial charge in [-0.05, 0) is 0 Å². The lowest BCUT2D eigenvalue weighted by atomic mass is 10.2. The Balaban J connectivity index is 3.13. The second-order valence-corrected chi connectivity index (χ2v) is 2.45. The summed E-state index contributed by atoms with van der Waals surface area (Å²) in [5.41, 5.74) is -0.348. The molecule has 0 saturated carbocycles. The molecule has 6 heteroatoms. The molecule has 0 atom stereocenters. The number of aromatic nitrogens is 2. The number of ether oxygens (including phenoxy) is 1. The van der Waals surface area contributed by atoms with Gasteiger partial charge >= 0.3 is 5.97 Å². The van der Waals surface area contributed by atoms with Crippen LogP contribution in [0.5, 0.6) is 0 Å². The van der Waals surface area contributed by atoms with Crippen LogP contribution in [0.25, 0.3) is 0 Å². The quantitative estimate of drug-likeness (QED) is 0.688. The normalized spacial score (nSPS) is 9.79. The maximum atomic E-state index is 10.6. The molecule has 0 aliphatic carbocycles. The number of hydrogen-bond acceptors (Lipinski definition) is 5. The molecule has 74 valence electrons. The summed E-state index contributed by atoms with van der Waals surface area (Å²) in [4.78, 5) is 28.5. The lowest BCUT2D eigenvalue weighted by molar-refractivity contribution is 0.0685. The first-order valence-corrected chi connectivity index (χ1v) is 3.72. The number of carbonyl (C=O) groups excluding carboxylic acids is 1. The number of carboxylic acid groups (broad SMARTS) is 1. The maximum absolute atomic E-state index is 10.6. The first-order valence-electron chi connectivity index (χ1n) is 3.72. The number of methoxy groups -OCH3 is 1. The molecule has 0 unspecified atom stereocenters. The molecular formula is C8H8N2O4. The molecule has 0 amide bonds. The van der Waals surface area contributed by atoms with Crippen molar-refractivity contribution in [2.75, 3.05) is 7.11 Å². The number of aromatic carboxylic acids is 1. The van der Waals surface area contributed by atoms with E-state index in [0.717, 1.165) is 6.20 Å². The molecular weight excluding hydrogens is 188 g/mol. The van der Waals surface area contributed by atoms with Crippen molar-refractivity contribution in [2.24, 2.45) is 0 Å². The molecule has 0 radical (unpaired) electrons. The zero-order chi connectivity index (χ0) is 10.6. The van der Waals surface area contributed by atoms with Gasteiger partial charge in [-0.3, -0.25) is 4.79 Å². The molecule has 1 rings (SSSR count). The SMILES string of the molecule is COCc1ncc(C=O)c(C(=O)O)n1. The van der Waals surface area contributed by atoms with Crippen molar-refractivity contribution >= 4 is 12.3 Å². The number of rotatable bonds is 4. The molecule has 1 heterocycles. The third-order valence-corrected chi connectivity index (χ3v) is 1.47. The van der Waals surface area contributed by atoms with Gasteiger partial charge in [-0.15, -0.1) is 0 Å². The van der Waals surface area contributed by atoms with Gasteiger partial charge in [0.15, 0.2) is 17.8 Å². The average molecular weight is 196 g/mol. The number of carbonyl (C=O) groups is 2. The third-order valence-electron chi connectivity index (χ3n) is 1.47. The van der Waals surface area contributed by atoms with E-state index >= 15 is 0 Å². The summed E-state index contributed by atoms with van der Waals surface area (Å²) in [6, 6.07) is 0. The summed E-state index contributed by atoms with van der Waals surface area (Å²) in [6.07, 6.45) is 1.57. The summed E-state index contributed by atoms with van der Waals surface area (Å²) in [5, 5.41) is 8.70. The zero-order valence-electron chi connectivity index (χ0n) is 7.43. The van der Waals surface area contributed by atoms with Gasteiger partial charge in [0.25, 0.3) is 0 Å². The summed E-state index contributed by atoms with van der Waals surface area (Å²) >= 11 is 0. The van der Waals surface area contributed by atoms with Gasteiger partial charge < -0.3 is 9.84 Å². The van der Waals surface area contributed by atoms with Crippen LogP contribution in [0.1, 0.15) is 26.7 Å². The fraction of sp³-hybridized carbons (Fsp3) is 0.250. The van der Waals surface area contributed by atoms with E-state index in [2.05, 4.69) is 9.97 Å². The summed E-state index contributed by atoms with van der Waals surface area (Å²) in [7, 11) is 1.44. The second-order valence-electron chi connectivity index (χ2n) is 2.45. The molecule has 0 spiro atoms. The van der Waals surface area contributed by atoms with Crippen LogP contribution in [0.4, 0.5) is 0 Å². The summed E-state index contributed by atoms with van der Waals surface area (Å²) in [5.74, 6) is -1.03. The average Bonchev–Trinajstić information content (AvgIpc) is 2.18. The molecule has 1 N–H and O–H groups in total. The monoisotopic (exact) mass is 196 g/mol. The molecule has 0 aromatic carbocycles. The van der Waals surface area contributed by atoms with Crippen LogP contribution >= 0.6 is 0 Å². The van der Waals surface area contributed by atoms with Crippen molar-refractivity contribution in [1.82, 2.24) is 9.97 Å². The van der Waals surface area contributed by atoms with E-state index in [9.17, 15) is 9.59 Å². The van der Waals surface area contributed by atoms with Crippen molar-refractivity contribution in [3.8, 4) is 0 Å². The molecule has 0 saturated heterocycles. The Labute approximate surface area is 79.6 Å². The van der Waals surface area contributed by atoms with E-state index in [1.807, 2.05) is 0 Å². The van der Waals surface area contributed by atoms with Crippen molar-refractivity contribution in [2.45, 2.75) is 6.61 Å². The topological polar surface area (TPSA) is 89.4 Å². The molecule has 6 nitrogen and oxygen atoms in total. The van der Waals surface area contributed by atoms with E-state index < -0.39 is 5.97 Å². The molecule has 1 aromatic heterocycles. The predicted molar refractivity (Wildman–Crippen MR) is 45.1 cm³/mol. The minimum Gasteiger partial charge on any atom is -0.476 e. The van der Waals surface area contributed by atoms with Gasteiger partial charge in [-0.2, -0.15) is 0 Å². The standard InChI is InChI=1S/C8H8N2O4/c1-14-4-6-9-2-5(3-11)7(10-6)8(12)13/h2-3H,4H2,1H3,(H,12,13). The number of nitrogens with zero attached hydrogens (tertiary/aromatic N) is 2. The van der Waals surface area contributed by atoms with Gasteiger partial charge in [-0.25, -0.2) is 14.8 Å². The van der Waals surface area contributed by atoms with Crippen molar-refractivity contribution in [3.63, 3.8) is 0 Å². The van der Waals surface area contributed by atoms with Crippen LogP contribution in [-0.4, -0.2) is 34.4 Å². The lowest BCUT2D eigenvalue weighted by Gasteiger charge is -2.01. The molecule has 0 aliphatic heterocycles. The minimum atomic E-state index is -1.26. The number of hydrogen-bond donors (Lipinski definition) is 1. The fourth-order valence-corrected chi connectivity index (χ4v) is 0.884. The third kappa shape index (κ3) is 2.11. The van der Waals surface area contributed by atoms with Gasteiger partial charge in [0.05, 0.1) is 5.56 Å². The predicted octanol–water partition coefficient (Wildman–Crippen LogP) is 0.134. The fourth-order valence-electron chi connectivity index (χ4n) is 0.884. The first kappa shape index (κ1) is 10.3. The largest absolute Gasteiger partial charge is 0.476 e. The van der Waals surface area contributed by atoms with Gasteiger partial charge in [0.1, 0.15) is 6.61 Å². The smallest absolute Gasteiger partial charge is 0.355 e. The maximum Gasteiger partial charge on any atom is 0.355 e. The van der Waals surface area contributed by atoms with E-state index in [1.165, 1.54) is 7.11 Å². The molecule has 0 fully saturated rings. The molecule has 0 aliphatic rings. The zero-order valence-corrected chi connectivity index (χ0v) is 7.43. The Morgan fingerprint density at radius 1 is 1.71 bits per heavy atom. The van der Waals surface area contributed by atoms with E-state index in [1.54, 1.807) is 0 Å². The van der Waals surface area contributed by atoms with E-state index in [0.29, 0.717) is 6.29 Å². The van der Waals surface area contributed by atoms with Crippen molar-refractivity contribution in [1.29, 1.82) is 0 Å². The van der Waals surface area contributed by atoms with Crippen molar-refractivity contribution in [3.05, 3.63) is 23.3 Å². The highest BCUT2D eigenvalue weighted by Gasteiger charge is 2.13. The van der Waals surface area contributed by atoms with Crippen LogP contribution in [0.2, 0.25) is 0 Å². The Hall–Kier alpha value is -1.82. The molecule has 0 bridgehead atoms. The van der Waals surface area contributed by atoms with Crippen LogP contribution < -0.4 is 0 Å². The van der Waals surface area contributed by atoms with Crippen molar-refractivity contribution < 1.29 is 19.4 Å². The number of carboxylic acids is 1. The highest BCUT2D eigenvalue weighted by Crippen LogP contribution is 2.03. The summed E-state index contributed by atoms with van der Waals surface area (Å²) < 4.78 is 4.73. The minimum absolute atomic E-state index is 0.0441. The van der Waals surface area contributed by atoms with Crippen LogP contribution in [0.15, 0.2) is 6.20 Å². The van der Waals surface area contributed by atoms with E-state index in [4.69, 9.17) is 9.84 Å². The molecule has 1 aromatic rings. The van der Waals surface area contributed by atoms with Gasteiger partial charge in [0, 0.05) is 13.3 Å². The Bertz CT molecular complexity index is 364. The Morgan fingerprint density at radius 3 is 2.93 bits per heavy atom. The van der Waals surface area contributed by atoms with Crippen LogP contribution in [-0.2, 0) is 11.3 Å². The number of aldehydes is 1. The second kappa shape index (κ2) is 4.43. The lowest BCUT2D eigenvalue weighted by Crippen LogP contribution is -2.09. The Kier molecular flexibility index (Phi) is 3.24.